The second-order valence-electron chi connectivity index (χ2n) is 5.75. The Bertz CT molecular complexity index is 413. The third kappa shape index (κ3) is 2.31. The van der Waals surface area contributed by atoms with Crippen LogP contribution < -0.4 is 5.73 Å². The predicted molar refractivity (Wildman–Crippen MR) is 75.7 cm³/mol. The molecular formula is C14H22N2OS. The maximum Gasteiger partial charge on any atom is 0.233 e. The van der Waals surface area contributed by atoms with Gasteiger partial charge in [0.05, 0.1) is 5.41 Å². The second kappa shape index (κ2) is 5.02. The Morgan fingerprint density at radius 3 is 2.83 bits per heavy atom. The van der Waals surface area contributed by atoms with E-state index in [1.807, 2.05) is 36.3 Å². The lowest BCUT2D eigenvalue weighted by atomic mass is 9.89. The van der Waals surface area contributed by atoms with Gasteiger partial charge in [0.25, 0.3) is 0 Å². The molecule has 1 aliphatic heterocycles. The molecule has 18 heavy (non-hydrogen) atoms. The highest BCUT2D eigenvalue weighted by Gasteiger charge is 2.40. The number of likely N-dealkylation sites (tertiary alicyclic amines) is 1. The van der Waals surface area contributed by atoms with Gasteiger partial charge in [-0.15, -0.1) is 11.3 Å². The van der Waals surface area contributed by atoms with E-state index in [0.29, 0.717) is 18.5 Å². The van der Waals surface area contributed by atoms with Crippen molar-refractivity contribution in [1.29, 1.82) is 0 Å². The number of rotatable bonds is 3. The Morgan fingerprint density at radius 1 is 1.61 bits per heavy atom. The SMILES string of the molecule is CC1CC(CN)CN1C(=O)C(C)(C)c1cccs1. The van der Waals surface area contributed by atoms with E-state index < -0.39 is 5.41 Å². The molecule has 3 nitrogen and oxygen atoms in total. The molecule has 4 heteroatoms. The molecule has 2 N–H and O–H groups in total. The molecule has 1 fully saturated rings. The van der Waals surface area contributed by atoms with Crippen LogP contribution in [0.25, 0.3) is 0 Å². The first-order chi connectivity index (χ1) is 8.46. The number of amides is 1. The van der Waals surface area contributed by atoms with Crippen LogP contribution in [-0.2, 0) is 10.2 Å². The molecule has 100 valence electrons. The third-order valence-electron chi connectivity index (χ3n) is 3.93. The summed E-state index contributed by atoms with van der Waals surface area (Å²) in [5, 5.41) is 2.03. The molecule has 0 spiro atoms. The Labute approximate surface area is 113 Å². The molecule has 2 heterocycles. The largest absolute Gasteiger partial charge is 0.339 e. The molecule has 1 aromatic heterocycles. The zero-order valence-corrected chi connectivity index (χ0v) is 12.2. The fourth-order valence-electron chi connectivity index (χ4n) is 2.69. The summed E-state index contributed by atoms with van der Waals surface area (Å²) in [7, 11) is 0. The van der Waals surface area contributed by atoms with E-state index in [1.54, 1.807) is 11.3 Å². The van der Waals surface area contributed by atoms with Crippen molar-refractivity contribution in [3.05, 3.63) is 22.4 Å². The molecule has 1 aromatic rings. The monoisotopic (exact) mass is 266 g/mol. The first-order valence-corrected chi connectivity index (χ1v) is 7.40. The lowest BCUT2D eigenvalue weighted by Crippen LogP contribution is -2.45. The van der Waals surface area contributed by atoms with Crippen LogP contribution in [0.1, 0.15) is 32.1 Å². The van der Waals surface area contributed by atoms with E-state index in [9.17, 15) is 4.79 Å². The summed E-state index contributed by atoms with van der Waals surface area (Å²) in [4.78, 5) is 15.9. The Balaban J connectivity index is 2.17. The third-order valence-corrected chi connectivity index (χ3v) is 5.12. The maximum absolute atomic E-state index is 12.7. The van der Waals surface area contributed by atoms with Crippen LogP contribution in [0.15, 0.2) is 17.5 Å². The maximum atomic E-state index is 12.7. The number of carbonyl (C=O) groups is 1. The molecule has 0 saturated carbocycles. The van der Waals surface area contributed by atoms with E-state index in [4.69, 9.17) is 5.73 Å². The van der Waals surface area contributed by atoms with Gasteiger partial charge in [0.1, 0.15) is 0 Å². The standard InChI is InChI=1S/C14H22N2OS/c1-10-7-11(8-15)9-16(10)13(17)14(2,3)12-5-4-6-18-12/h4-6,10-11H,7-9,15H2,1-3H3. The molecule has 1 aliphatic rings. The number of hydrogen-bond donors (Lipinski definition) is 1. The fraction of sp³-hybridized carbons (Fsp3) is 0.643. The summed E-state index contributed by atoms with van der Waals surface area (Å²) in [5.41, 5.74) is 5.30. The van der Waals surface area contributed by atoms with Gasteiger partial charge in [-0.3, -0.25) is 4.79 Å². The molecule has 0 radical (unpaired) electrons. The molecule has 0 aliphatic carbocycles. The second-order valence-corrected chi connectivity index (χ2v) is 6.69. The van der Waals surface area contributed by atoms with Gasteiger partial charge < -0.3 is 10.6 Å². The van der Waals surface area contributed by atoms with Gasteiger partial charge in [-0.1, -0.05) is 6.07 Å². The minimum Gasteiger partial charge on any atom is -0.339 e. The summed E-state index contributed by atoms with van der Waals surface area (Å²) >= 11 is 1.65. The van der Waals surface area contributed by atoms with Crippen molar-refractivity contribution in [2.75, 3.05) is 13.1 Å². The van der Waals surface area contributed by atoms with E-state index in [0.717, 1.165) is 17.8 Å². The number of nitrogens with zero attached hydrogens (tertiary/aromatic N) is 1. The molecule has 0 bridgehead atoms. The highest BCUT2D eigenvalue weighted by atomic mass is 32.1. The molecule has 2 atom stereocenters. The van der Waals surface area contributed by atoms with Crippen LogP contribution in [-0.4, -0.2) is 29.9 Å². The molecule has 2 rings (SSSR count). The smallest absolute Gasteiger partial charge is 0.233 e. The van der Waals surface area contributed by atoms with Gasteiger partial charge in [0.15, 0.2) is 0 Å². The topological polar surface area (TPSA) is 46.3 Å². The Hall–Kier alpha value is -0.870. The molecular weight excluding hydrogens is 244 g/mol. The average molecular weight is 266 g/mol. The quantitative estimate of drug-likeness (QED) is 0.912. The van der Waals surface area contributed by atoms with Crippen LogP contribution in [0.5, 0.6) is 0 Å². The van der Waals surface area contributed by atoms with Gasteiger partial charge in [0.2, 0.25) is 5.91 Å². The normalized spacial score (nSPS) is 24.6. The van der Waals surface area contributed by atoms with Gasteiger partial charge in [0, 0.05) is 17.5 Å². The van der Waals surface area contributed by atoms with Crippen molar-refractivity contribution in [2.45, 2.75) is 38.6 Å². The lowest BCUT2D eigenvalue weighted by Gasteiger charge is -2.31. The first kappa shape index (κ1) is 13.6. The van der Waals surface area contributed by atoms with Crippen LogP contribution in [0, 0.1) is 5.92 Å². The number of thiophene rings is 1. The van der Waals surface area contributed by atoms with Gasteiger partial charge in [-0.2, -0.15) is 0 Å². The molecule has 2 unspecified atom stereocenters. The number of hydrogen-bond acceptors (Lipinski definition) is 3. The van der Waals surface area contributed by atoms with Crippen molar-refractivity contribution in [2.24, 2.45) is 11.7 Å². The molecule has 1 amide bonds. The molecule has 1 saturated heterocycles. The van der Waals surface area contributed by atoms with Gasteiger partial charge in [-0.25, -0.2) is 0 Å². The average Bonchev–Trinajstić information content (AvgIpc) is 2.96. The van der Waals surface area contributed by atoms with Gasteiger partial charge in [-0.05, 0) is 51.1 Å². The summed E-state index contributed by atoms with van der Waals surface area (Å²) in [5.74, 6) is 0.691. The highest BCUT2D eigenvalue weighted by molar-refractivity contribution is 7.10. The lowest BCUT2D eigenvalue weighted by molar-refractivity contribution is -0.136. The van der Waals surface area contributed by atoms with Crippen LogP contribution >= 0.6 is 11.3 Å². The number of nitrogens with two attached hydrogens (primary N) is 1. The Kier molecular flexibility index (Phi) is 3.78. The number of carbonyl (C=O) groups excluding carboxylic acids is 1. The fourth-order valence-corrected chi connectivity index (χ4v) is 3.54. The highest BCUT2D eigenvalue weighted by Crippen LogP contribution is 2.33. The summed E-state index contributed by atoms with van der Waals surface area (Å²) in [6.07, 6.45) is 1.03. The van der Waals surface area contributed by atoms with Crippen LogP contribution in [0.4, 0.5) is 0 Å². The summed E-state index contributed by atoms with van der Waals surface area (Å²) in [6.45, 7) is 7.64. The van der Waals surface area contributed by atoms with Crippen molar-refractivity contribution < 1.29 is 4.79 Å². The van der Waals surface area contributed by atoms with E-state index in [1.165, 1.54) is 0 Å². The Morgan fingerprint density at radius 2 is 2.33 bits per heavy atom. The van der Waals surface area contributed by atoms with Crippen molar-refractivity contribution >= 4 is 17.2 Å². The van der Waals surface area contributed by atoms with Crippen molar-refractivity contribution in [1.82, 2.24) is 4.90 Å². The van der Waals surface area contributed by atoms with Crippen molar-refractivity contribution in [3.8, 4) is 0 Å². The zero-order chi connectivity index (χ0) is 13.3. The minimum atomic E-state index is -0.425. The minimum absolute atomic E-state index is 0.230. The van der Waals surface area contributed by atoms with Crippen molar-refractivity contribution in [3.63, 3.8) is 0 Å². The van der Waals surface area contributed by atoms with Crippen LogP contribution in [0.3, 0.4) is 0 Å². The summed E-state index contributed by atoms with van der Waals surface area (Å²) < 4.78 is 0. The van der Waals surface area contributed by atoms with Gasteiger partial charge >= 0.3 is 0 Å². The van der Waals surface area contributed by atoms with Crippen LogP contribution in [0.2, 0.25) is 0 Å². The van der Waals surface area contributed by atoms with E-state index in [2.05, 4.69) is 6.92 Å². The zero-order valence-electron chi connectivity index (χ0n) is 11.3. The van der Waals surface area contributed by atoms with E-state index >= 15 is 0 Å². The molecule has 0 aromatic carbocycles. The predicted octanol–water partition coefficient (Wildman–Crippen LogP) is 2.22. The van der Waals surface area contributed by atoms with E-state index in [-0.39, 0.29) is 5.91 Å². The first-order valence-electron chi connectivity index (χ1n) is 6.52. The summed E-state index contributed by atoms with van der Waals surface area (Å²) in [6, 6.07) is 4.36.